The molecule has 2 aliphatic heterocycles. The summed E-state index contributed by atoms with van der Waals surface area (Å²) in [5.41, 5.74) is 12.6. The summed E-state index contributed by atoms with van der Waals surface area (Å²) in [6.45, 7) is 2.51. The number of benzene rings is 1. The number of nitrogens with zero attached hydrogens (tertiary/aromatic N) is 1. The SMILES string of the molecule is Cl.Cl.NC(=O)C1CCCN1Cc1cccc(NC(=O)C2(N)CCOCC2)c1. The Balaban J connectivity index is 0.00000182. The summed E-state index contributed by atoms with van der Waals surface area (Å²) in [6, 6.07) is 7.45. The van der Waals surface area contributed by atoms with E-state index in [1.165, 1.54) is 0 Å². The van der Waals surface area contributed by atoms with E-state index in [0.717, 1.165) is 24.9 Å². The van der Waals surface area contributed by atoms with Crippen LogP contribution in [0.25, 0.3) is 0 Å². The van der Waals surface area contributed by atoms with E-state index in [9.17, 15) is 9.59 Å². The van der Waals surface area contributed by atoms with Crippen molar-refractivity contribution in [3.63, 3.8) is 0 Å². The lowest BCUT2D eigenvalue weighted by atomic mass is 9.90. The second-order valence-corrected chi connectivity index (χ2v) is 6.95. The van der Waals surface area contributed by atoms with Crippen molar-refractivity contribution < 1.29 is 14.3 Å². The minimum Gasteiger partial charge on any atom is -0.381 e. The standard InChI is InChI=1S/C18H26N4O3.2ClH/c19-16(23)15-5-2-8-22(15)12-13-3-1-4-14(11-13)21-17(24)18(20)6-9-25-10-7-18;;/h1,3-4,11,15H,2,5-10,12,20H2,(H2,19,23)(H,21,24);2*1H. The Hall–Kier alpha value is -1.38. The molecule has 0 saturated carbocycles. The fraction of sp³-hybridized carbons (Fsp3) is 0.556. The van der Waals surface area contributed by atoms with Gasteiger partial charge in [0.2, 0.25) is 11.8 Å². The van der Waals surface area contributed by atoms with Crippen LogP contribution in [0.4, 0.5) is 5.69 Å². The van der Waals surface area contributed by atoms with Gasteiger partial charge in [0.05, 0.1) is 6.04 Å². The fourth-order valence-corrected chi connectivity index (χ4v) is 3.54. The highest BCUT2D eigenvalue weighted by Crippen LogP contribution is 2.23. The highest BCUT2D eigenvalue weighted by molar-refractivity contribution is 5.98. The molecule has 0 bridgehead atoms. The van der Waals surface area contributed by atoms with Gasteiger partial charge >= 0.3 is 0 Å². The Morgan fingerprint density at radius 2 is 1.96 bits per heavy atom. The molecule has 1 aromatic carbocycles. The average molecular weight is 419 g/mol. The van der Waals surface area contributed by atoms with Crippen molar-refractivity contribution in [2.24, 2.45) is 11.5 Å². The maximum Gasteiger partial charge on any atom is 0.244 e. The highest BCUT2D eigenvalue weighted by Gasteiger charge is 2.36. The summed E-state index contributed by atoms with van der Waals surface area (Å²) in [6.07, 6.45) is 2.82. The molecule has 0 aliphatic carbocycles. The number of nitrogens with two attached hydrogens (primary N) is 2. The average Bonchev–Trinajstić information content (AvgIpc) is 3.04. The Morgan fingerprint density at radius 1 is 1.26 bits per heavy atom. The van der Waals surface area contributed by atoms with Crippen molar-refractivity contribution in [3.8, 4) is 0 Å². The van der Waals surface area contributed by atoms with Gasteiger partial charge in [0.15, 0.2) is 0 Å². The van der Waals surface area contributed by atoms with E-state index in [1.807, 2.05) is 24.3 Å². The van der Waals surface area contributed by atoms with E-state index in [4.69, 9.17) is 16.2 Å². The maximum atomic E-state index is 12.5. The number of amides is 2. The quantitative estimate of drug-likeness (QED) is 0.669. The zero-order valence-electron chi connectivity index (χ0n) is 15.2. The lowest BCUT2D eigenvalue weighted by Crippen LogP contribution is -2.54. The molecule has 2 amide bonds. The van der Waals surface area contributed by atoms with Crippen LogP contribution in [-0.2, 0) is 20.9 Å². The second-order valence-electron chi connectivity index (χ2n) is 6.95. The van der Waals surface area contributed by atoms with Crippen LogP contribution in [0.5, 0.6) is 0 Å². The van der Waals surface area contributed by atoms with E-state index in [-0.39, 0.29) is 42.7 Å². The number of carbonyl (C=O) groups excluding carboxylic acids is 2. The third kappa shape index (κ3) is 5.80. The number of hydrogen-bond acceptors (Lipinski definition) is 5. The van der Waals surface area contributed by atoms with Gasteiger partial charge in [-0.15, -0.1) is 24.8 Å². The summed E-state index contributed by atoms with van der Waals surface area (Å²) in [5, 5.41) is 2.92. The topological polar surface area (TPSA) is 111 Å². The first-order valence-corrected chi connectivity index (χ1v) is 8.78. The van der Waals surface area contributed by atoms with Crippen LogP contribution in [0.15, 0.2) is 24.3 Å². The number of carbonyl (C=O) groups is 2. The number of anilines is 1. The van der Waals surface area contributed by atoms with E-state index in [2.05, 4.69) is 10.2 Å². The van der Waals surface area contributed by atoms with Gasteiger partial charge in [-0.25, -0.2) is 0 Å². The van der Waals surface area contributed by atoms with Gasteiger partial charge in [-0.2, -0.15) is 0 Å². The Morgan fingerprint density at radius 3 is 2.63 bits per heavy atom. The van der Waals surface area contributed by atoms with Crippen LogP contribution in [0.3, 0.4) is 0 Å². The summed E-state index contributed by atoms with van der Waals surface area (Å²) in [5.74, 6) is -0.448. The number of hydrogen-bond donors (Lipinski definition) is 3. The Kier molecular flexibility index (Phi) is 8.98. The van der Waals surface area contributed by atoms with Gasteiger partial charge in [-0.1, -0.05) is 12.1 Å². The molecular formula is C18H28Cl2N4O3. The van der Waals surface area contributed by atoms with Crippen LogP contribution in [-0.4, -0.2) is 48.1 Å². The molecular weight excluding hydrogens is 391 g/mol. The van der Waals surface area contributed by atoms with E-state index in [1.54, 1.807) is 0 Å². The summed E-state index contributed by atoms with van der Waals surface area (Å²) in [4.78, 5) is 26.1. The molecule has 2 aliphatic rings. The van der Waals surface area contributed by atoms with Crippen LogP contribution < -0.4 is 16.8 Å². The third-order valence-electron chi connectivity index (χ3n) is 5.10. The molecule has 0 radical (unpaired) electrons. The lowest BCUT2D eigenvalue weighted by Gasteiger charge is -2.31. The Labute approximate surface area is 172 Å². The number of halogens is 2. The first-order valence-electron chi connectivity index (χ1n) is 8.78. The second kappa shape index (κ2) is 10.2. The zero-order chi connectivity index (χ0) is 17.9. The molecule has 2 heterocycles. The molecule has 1 unspecified atom stereocenters. The molecule has 3 rings (SSSR count). The number of ether oxygens (including phenoxy) is 1. The monoisotopic (exact) mass is 418 g/mol. The van der Waals surface area contributed by atoms with Crippen molar-refractivity contribution in [1.29, 1.82) is 0 Å². The third-order valence-corrected chi connectivity index (χ3v) is 5.10. The fourth-order valence-electron chi connectivity index (χ4n) is 3.54. The highest BCUT2D eigenvalue weighted by atomic mass is 35.5. The normalized spacial score (nSPS) is 21.6. The molecule has 0 spiro atoms. The van der Waals surface area contributed by atoms with Gasteiger partial charge in [0.1, 0.15) is 5.54 Å². The minimum atomic E-state index is -0.875. The van der Waals surface area contributed by atoms with Crippen LogP contribution in [0.1, 0.15) is 31.2 Å². The molecule has 152 valence electrons. The van der Waals surface area contributed by atoms with Crippen molar-refractivity contribution in [2.75, 3.05) is 25.1 Å². The van der Waals surface area contributed by atoms with Crippen molar-refractivity contribution in [3.05, 3.63) is 29.8 Å². The van der Waals surface area contributed by atoms with Gasteiger partial charge < -0.3 is 21.5 Å². The number of nitrogens with one attached hydrogen (secondary N) is 1. The van der Waals surface area contributed by atoms with E-state index in [0.29, 0.717) is 38.3 Å². The summed E-state index contributed by atoms with van der Waals surface area (Å²) < 4.78 is 5.28. The first-order chi connectivity index (χ1) is 12.0. The molecule has 2 saturated heterocycles. The van der Waals surface area contributed by atoms with Crippen molar-refractivity contribution >= 4 is 42.3 Å². The van der Waals surface area contributed by atoms with Gasteiger partial charge in [-0.3, -0.25) is 14.5 Å². The minimum absolute atomic E-state index is 0. The molecule has 1 aromatic rings. The van der Waals surface area contributed by atoms with Gasteiger partial charge in [0.25, 0.3) is 0 Å². The molecule has 7 nitrogen and oxygen atoms in total. The zero-order valence-corrected chi connectivity index (χ0v) is 16.8. The molecule has 5 N–H and O–H groups in total. The number of rotatable bonds is 5. The van der Waals surface area contributed by atoms with E-state index >= 15 is 0 Å². The van der Waals surface area contributed by atoms with Crippen molar-refractivity contribution in [2.45, 2.75) is 43.8 Å². The number of likely N-dealkylation sites (tertiary alicyclic amines) is 1. The molecule has 1 atom stereocenters. The van der Waals surface area contributed by atoms with Crippen LogP contribution in [0, 0.1) is 0 Å². The van der Waals surface area contributed by atoms with Gasteiger partial charge in [0, 0.05) is 25.4 Å². The van der Waals surface area contributed by atoms with Crippen LogP contribution >= 0.6 is 24.8 Å². The maximum absolute atomic E-state index is 12.5. The number of primary amides is 1. The Bertz CT molecular complexity index is 653. The van der Waals surface area contributed by atoms with Crippen LogP contribution in [0.2, 0.25) is 0 Å². The molecule has 0 aromatic heterocycles. The van der Waals surface area contributed by atoms with Gasteiger partial charge in [-0.05, 0) is 49.9 Å². The van der Waals surface area contributed by atoms with E-state index < -0.39 is 5.54 Å². The summed E-state index contributed by atoms with van der Waals surface area (Å²) >= 11 is 0. The molecule has 2 fully saturated rings. The first kappa shape index (κ1) is 23.7. The largest absolute Gasteiger partial charge is 0.381 e. The smallest absolute Gasteiger partial charge is 0.244 e. The predicted molar refractivity (Wildman–Crippen MR) is 109 cm³/mol. The lowest BCUT2D eigenvalue weighted by molar-refractivity contribution is -0.124. The predicted octanol–water partition coefficient (Wildman–Crippen LogP) is 1.43. The molecule has 27 heavy (non-hydrogen) atoms. The van der Waals surface area contributed by atoms with Crippen molar-refractivity contribution in [1.82, 2.24) is 4.90 Å². The summed E-state index contributed by atoms with van der Waals surface area (Å²) in [7, 11) is 0. The molecule has 9 heteroatoms.